The number of nitrogens with one attached hydrogen (secondary N) is 1. The Morgan fingerprint density at radius 2 is 1.59 bits per heavy atom. The Hall–Kier alpha value is -2.96. The van der Waals surface area contributed by atoms with Crippen LogP contribution in [0.15, 0.2) is 83.8 Å². The maximum absolute atomic E-state index is 12.6. The van der Waals surface area contributed by atoms with Gasteiger partial charge in [-0.1, -0.05) is 18.2 Å². The van der Waals surface area contributed by atoms with Crippen LogP contribution in [0, 0.1) is 0 Å². The van der Waals surface area contributed by atoms with Gasteiger partial charge >= 0.3 is 0 Å². The lowest BCUT2D eigenvalue weighted by atomic mass is 10.2. The Morgan fingerprint density at radius 1 is 0.906 bits per heavy atom. The largest absolute Gasteiger partial charge is 0.493 e. The van der Waals surface area contributed by atoms with E-state index in [-0.39, 0.29) is 5.91 Å². The van der Waals surface area contributed by atoms with E-state index in [9.17, 15) is 4.79 Å². The van der Waals surface area contributed by atoms with Gasteiger partial charge in [0.1, 0.15) is 5.75 Å². The summed E-state index contributed by atoms with van der Waals surface area (Å²) in [7, 11) is 2.15. The zero-order valence-electron chi connectivity index (χ0n) is 18.4. The Balaban J connectivity index is 1.23. The molecule has 1 amide bonds. The van der Waals surface area contributed by atoms with Gasteiger partial charge in [-0.3, -0.25) is 4.79 Å². The number of piperazine rings is 1. The number of anilines is 2. The normalized spacial score (nSPS) is 14.2. The molecule has 1 aliphatic heterocycles. The van der Waals surface area contributed by atoms with Crippen molar-refractivity contribution in [3.05, 3.63) is 84.4 Å². The van der Waals surface area contributed by atoms with Gasteiger partial charge in [-0.2, -0.15) is 0 Å². The average Bonchev–Trinajstić information content (AvgIpc) is 2.84. The number of amides is 1. The third-order valence-corrected chi connectivity index (χ3v) is 6.45. The lowest BCUT2D eigenvalue weighted by Gasteiger charge is -2.34. The molecule has 5 nitrogen and oxygen atoms in total. The van der Waals surface area contributed by atoms with Crippen molar-refractivity contribution in [1.29, 1.82) is 0 Å². The van der Waals surface area contributed by atoms with E-state index < -0.39 is 0 Å². The summed E-state index contributed by atoms with van der Waals surface area (Å²) in [6.07, 6.45) is 0. The van der Waals surface area contributed by atoms with E-state index in [4.69, 9.17) is 4.74 Å². The first-order chi connectivity index (χ1) is 15.7. The maximum Gasteiger partial charge on any atom is 0.255 e. The molecular formula is C26H29N3O2S. The molecule has 1 aliphatic rings. The lowest BCUT2D eigenvalue weighted by molar-refractivity contribution is 0.102. The molecule has 0 bridgehead atoms. The number of benzene rings is 3. The molecule has 0 aliphatic carbocycles. The van der Waals surface area contributed by atoms with E-state index >= 15 is 0 Å². The van der Waals surface area contributed by atoms with Gasteiger partial charge in [-0.15, -0.1) is 11.8 Å². The van der Waals surface area contributed by atoms with Crippen molar-refractivity contribution in [2.75, 3.05) is 55.8 Å². The van der Waals surface area contributed by atoms with Gasteiger partial charge in [0, 0.05) is 53.8 Å². The summed E-state index contributed by atoms with van der Waals surface area (Å²) >= 11 is 1.76. The first kappa shape index (κ1) is 22.2. The molecule has 0 unspecified atom stereocenters. The number of likely N-dealkylation sites (N-methyl/N-ethyl adjacent to an activating group) is 1. The highest BCUT2D eigenvalue weighted by molar-refractivity contribution is 7.99. The standard InChI is InChI=1S/C26H29N3O2S/c1-28-15-17-29(18-16-28)23-11-9-22(10-12-23)27-26(30)21-7-13-24(14-8-21)31-19-20-32-25-5-3-2-4-6-25/h2-14H,15-20H2,1H3,(H,27,30). The third kappa shape index (κ3) is 6.28. The summed E-state index contributed by atoms with van der Waals surface area (Å²) in [5, 5.41) is 2.98. The van der Waals surface area contributed by atoms with Crippen molar-refractivity contribution >= 4 is 29.0 Å². The van der Waals surface area contributed by atoms with Crippen molar-refractivity contribution in [2.45, 2.75) is 4.90 Å². The fourth-order valence-electron chi connectivity index (χ4n) is 3.56. The van der Waals surface area contributed by atoms with Gasteiger partial charge in [0.05, 0.1) is 6.61 Å². The molecule has 1 fully saturated rings. The Labute approximate surface area is 194 Å². The van der Waals surface area contributed by atoms with Crippen molar-refractivity contribution in [3.63, 3.8) is 0 Å². The summed E-state index contributed by atoms with van der Waals surface area (Å²) in [5.74, 6) is 1.52. The van der Waals surface area contributed by atoms with Crippen LogP contribution in [0.3, 0.4) is 0 Å². The minimum atomic E-state index is -0.122. The molecule has 3 aromatic carbocycles. The topological polar surface area (TPSA) is 44.8 Å². The summed E-state index contributed by atoms with van der Waals surface area (Å²) in [6, 6.07) is 25.7. The van der Waals surface area contributed by atoms with E-state index in [0.29, 0.717) is 12.2 Å². The molecule has 1 N–H and O–H groups in total. The number of hydrogen-bond donors (Lipinski definition) is 1. The number of rotatable bonds is 8. The smallest absolute Gasteiger partial charge is 0.255 e. The van der Waals surface area contributed by atoms with Crippen LogP contribution in [0.5, 0.6) is 5.75 Å². The number of ether oxygens (including phenoxy) is 1. The Morgan fingerprint density at radius 3 is 2.28 bits per heavy atom. The molecule has 166 valence electrons. The van der Waals surface area contributed by atoms with Crippen LogP contribution < -0.4 is 15.0 Å². The highest BCUT2D eigenvalue weighted by Crippen LogP contribution is 2.21. The highest BCUT2D eigenvalue weighted by Gasteiger charge is 2.14. The van der Waals surface area contributed by atoms with Crippen LogP contribution in [0.1, 0.15) is 10.4 Å². The third-order valence-electron chi connectivity index (χ3n) is 5.47. The van der Waals surface area contributed by atoms with E-state index in [2.05, 4.69) is 46.4 Å². The second-order valence-electron chi connectivity index (χ2n) is 7.83. The molecule has 6 heteroatoms. The molecule has 32 heavy (non-hydrogen) atoms. The highest BCUT2D eigenvalue weighted by atomic mass is 32.2. The van der Waals surface area contributed by atoms with Gasteiger partial charge in [-0.25, -0.2) is 0 Å². The van der Waals surface area contributed by atoms with Crippen LogP contribution in [-0.2, 0) is 0 Å². The van der Waals surface area contributed by atoms with Crippen LogP contribution in [0.25, 0.3) is 0 Å². The van der Waals surface area contributed by atoms with Gasteiger partial charge in [0.15, 0.2) is 0 Å². The molecule has 0 radical (unpaired) electrons. The van der Waals surface area contributed by atoms with Crippen molar-refractivity contribution in [1.82, 2.24) is 4.90 Å². The minimum absolute atomic E-state index is 0.122. The summed E-state index contributed by atoms with van der Waals surface area (Å²) < 4.78 is 5.80. The Kier molecular flexibility index (Phi) is 7.69. The monoisotopic (exact) mass is 447 g/mol. The predicted octanol–water partition coefficient (Wildman–Crippen LogP) is 4.86. The number of hydrogen-bond acceptors (Lipinski definition) is 5. The van der Waals surface area contributed by atoms with E-state index in [1.807, 2.05) is 42.5 Å². The van der Waals surface area contributed by atoms with Crippen molar-refractivity contribution < 1.29 is 9.53 Å². The molecular weight excluding hydrogens is 418 g/mol. The first-order valence-corrected chi connectivity index (χ1v) is 11.9. The zero-order chi connectivity index (χ0) is 22.2. The molecule has 0 saturated carbocycles. The summed E-state index contributed by atoms with van der Waals surface area (Å²) in [6.45, 7) is 4.82. The van der Waals surface area contributed by atoms with E-state index in [1.54, 1.807) is 23.9 Å². The zero-order valence-corrected chi connectivity index (χ0v) is 19.2. The van der Waals surface area contributed by atoms with E-state index in [0.717, 1.165) is 43.4 Å². The van der Waals surface area contributed by atoms with Crippen molar-refractivity contribution in [3.8, 4) is 5.75 Å². The van der Waals surface area contributed by atoms with Gasteiger partial charge in [0.25, 0.3) is 5.91 Å². The molecule has 0 aromatic heterocycles. The van der Waals surface area contributed by atoms with Crippen LogP contribution in [-0.4, -0.2) is 56.4 Å². The molecule has 3 aromatic rings. The number of nitrogens with zero attached hydrogens (tertiary/aromatic N) is 2. The number of carbonyl (C=O) groups excluding carboxylic acids is 1. The second-order valence-corrected chi connectivity index (χ2v) is 8.99. The average molecular weight is 448 g/mol. The molecule has 4 rings (SSSR count). The number of carbonyl (C=O) groups is 1. The lowest BCUT2D eigenvalue weighted by Crippen LogP contribution is -2.44. The van der Waals surface area contributed by atoms with E-state index in [1.165, 1.54) is 10.6 Å². The van der Waals surface area contributed by atoms with Crippen LogP contribution in [0.2, 0.25) is 0 Å². The van der Waals surface area contributed by atoms with Crippen LogP contribution >= 0.6 is 11.8 Å². The fraction of sp³-hybridized carbons (Fsp3) is 0.269. The molecule has 1 saturated heterocycles. The quantitative estimate of drug-likeness (QED) is 0.395. The van der Waals surface area contributed by atoms with Gasteiger partial charge in [-0.05, 0) is 67.7 Å². The summed E-state index contributed by atoms with van der Waals surface area (Å²) in [5.41, 5.74) is 2.60. The number of thioether (sulfide) groups is 1. The van der Waals surface area contributed by atoms with Crippen molar-refractivity contribution in [2.24, 2.45) is 0 Å². The summed E-state index contributed by atoms with van der Waals surface area (Å²) in [4.78, 5) is 18.5. The first-order valence-electron chi connectivity index (χ1n) is 10.9. The molecule has 1 heterocycles. The van der Waals surface area contributed by atoms with Gasteiger partial charge in [0.2, 0.25) is 0 Å². The maximum atomic E-state index is 12.6. The second kappa shape index (κ2) is 11.1. The fourth-order valence-corrected chi connectivity index (χ4v) is 4.31. The SMILES string of the molecule is CN1CCN(c2ccc(NC(=O)c3ccc(OCCSc4ccccc4)cc3)cc2)CC1. The Bertz CT molecular complexity index is 986. The molecule has 0 atom stereocenters. The predicted molar refractivity (Wildman–Crippen MR) is 133 cm³/mol. The van der Waals surface area contributed by atoms with Crippen LogP contribution in [0.4, 0.5) is 11.4 Å². The molecule has 0 spiro atoms. The minimum Gasteiger partial charge on any atom is -0.493 e. The van der Waals surface area contributed by atoms with Gasteiger partial charge < -0.3 is 19.9 Å².